The topological polar surface area (TPSA) is 185 Å². The van der Waals surface area contributed by atoms with Gasteiger partial charge in [0.2, 0.25) is 5.75 Å². The molecule has 1 unspecified atom stereocenters. The van der Waals surface area contributed by atoms with Crippen LogP contribution in [-0.2, 0) is 26.4 Å². The van der Waals surface area contributed by atoms with Crippen LogP contribution in [0.4, 0.5) is 5.69 Å². The molecule has 1 aromatic heterocycles. The first-order valence-electron chi connectivity index (χ1n) is 19.9. The number of fused-ring (bicyclic) bond motifs is 1. The zero-order valence-electron chi connectivity index (χ0n) is 33.4. The number of carbonyl (C=O) groups excluding carboxylic acids is 1. The maximum atomic E-state index is 12.7. The molecule has 59 heavy (non-hydrogen) atoms. The number of carbonyl (C=O) groups is 1. The Morgan fingerprint density at radius 2 is 1.29 bits per heavy atom. The van der Waals surface area contributed by atoms with Crippen LogP contribution in [0.15, 0.2) is 71.3 Å². The smallest absolute Gasteiger partial charge is 0.255 e. The lowest BCUT2D eigenvalue weighted by atomic mass is 9.97. The maximum Gasteiger partial charge on any atom is 0.255 e. The molecule has 4 aromatic carbocycles. The van der Waals surface area contributed by atoms with Crippen LogP contribution in [0.25, 0.3) is 22.6 Å². The van der Waals surface area contributed by atoms with E-state index in [1.807, 2.05) is 30.3 Å². The lowest BCUT2D eigenvalue weighted by Gasteiger charge is -2.28. The highest BCUT2D eigenvalue weighted by Gasteiger charge is 2.26. The minimum atomic E-state index is -0.438. The fourth-order valence-corrected chi connectivity index (χ4v) is 7.38. The van der Waals surface area contributed by atoms with Gasteiger partial charge in [0, 0.05) is 33.5 Å². The first-order chi connectivity index (χ1) is 28.8. The van der Waals surface area contributed by atoms with Gasteiger partial charge in [-0.15, -0.1) is 0 Å². The third-order valence-electron chi connectivity index (χ3n) is 10.4. The molecular formula is C45H52ClN3O10. The maximum absolute atomic E-state index is 12.7. The Morgan fingerprint density at radius 3 is 1.90 bits per heavy atom. The van der Waals surface area contributed by atoms with Crippen LogP contribution >= 0.6 is 11.6 Å². The minimum absolute atomic E-state index is 0.175. The Kier molecular flexibility index (Phi) is 15.5. The van der Waals surface area contributed by atoms with E-state index in [1.165, 1.54) is 0 Å². The molecule has 0 saturated heterocycles. The highest BCUT2D eigenvalue weighted by atomic mass is 35.5. The molecule has 1 amide bonds. The van der Waals surface area contributed by atoms with Gasteiger partial charge in [0.05, 0.1) is 59.4 Å². The summed E-state index contributed by atoms with van der Waals surface area (Å²) in [4.78, 5) is 12.7. The van der Waals surface area contributed by atoms with E-state index in [0.29, 0.717) is 97.3 Å². The van der Waals surface area contributed by atoms with E-state index in [4.69, 9.17) is 35.1 Å². The van der Waals surface area contributed by atoms with Crippen molar-refractivity contribution in [3.63, 3.8) is 0 Å². The van der Waals surface area contributed by atoms with E-state index < -0.39 is 6.17 Å². The van der Waals surface area contributed by atoms with Gasteiger partial charge in [-0.1, -0.05) is 61.3 Å². The van der Waals surface area contributed by atoms with Gasteiger partial charge in [-0.3, -0.25) is 4.79 Å². The number of hydrogen-bond acceptors (Lipinski definition) is 12. The first-order valence-corrected chi connectivity index (χ1v) is 20.2. The average Bonchev–Trinajstić information content (AvgIpc) is 3.77. The van der Waals surface area contributed by atoms with Gasteiger partial charge in [0.1, 0.15) is 17.6 Å². The molecule has 0 aliphatic carbocycles. The number of nitrogens with zero attached hydrogens (tertiary/aromatic N) is 1. The molecule has 1 atom stereocenters. The van der Waals surface area contributed by atoms with Crippen molar-refractivity contribution < 1.29 is 48.7 Å². The number of anilines is 1. The Labute approximate surface area is 348 Å². The SMILES string of the molecule is COc1cc(-c2cc(-c3cc(CO)c(CO)c(CO)c3)on2)cc(OC)c1OCCCCCCCCCCOc1ccc(C2NC(=O)c3cc(Cl)ccc3N2)cc1CO. The summed E-state index contributed by atoms with van der Waals surface area (Å²) in [6.07, 6.45) is 7.93. The second-order valence-corrected chi connectivity index (χ2v) is 14.8. The number of amides is 1. The van der Waals surface area contributed by atoms with Gasteiger partial charge < -0.3 is 54.5 Å². The van der Waals surface area contributed by atoms with Crippen molar-refractivity contribution in [2.75, 3.05) is 32.8 Å². The summed E-state index contributed by atoms with van der Waals surface area (Å²) in [5, 5.41) is 50.4. The third kappa shape index (κ3) is 10.7. The molecule has 0 spiro atoms. The number of aliphatic hydroxyl groups excluding tert-OH is 4. The van der Waals surface area contributed by atoms with Gasteiger partial charge in [0.25, 0.3) is 5.91 Å². The monoisotopic (exact) mass is 829 g/mol. The van der Waals surface area contributed by atoms with Gasteiger partial charge in [-0.05, 0) is 89.7 Å². The summed E-state index contributed by atoms with van der Waals surface area (Å²) in [6.45, 7) is 0.0000819. The Balaban J connectivity index is 0.894. The van der Waals surface area contributed by atoms with Crippen molar-refractivity contribution in [2.45, 2.75) is 84.0 Å². The minimum Gasteiger partial charge on any atom is -0.493 e. The zero-order chi connectivity index (χ0) is 41.7. The lowest BCUT2D eigenvalue weighted by molar-refractivity contribution is 0.0935. The molecule has 314 valence electrons. The lowest BCUT2D eigenvalue weighted by Crippen LogP contribution is -2.38. The Bertz CT molecular complexity index is 2140. The summed E-state index contributed by atoms with van der Waals surface area (Å²) in [5.74, 6) is 2.37. The predicted octanol–water partition coefficient (Wildman–Crippen LogP) is 8.08. The first kappa shape index (κ1) is 43.3. The molecule has 0 saturated carbocycles. The van der Waals surface area contributed by atoms with Gasteiger partial charge >= 0.3 is 0 Å². The number of hydrogen-bond donors (Lipinski definition) is 6. The summed E-state index contributed by atoms with van der Waals surface area (Å²) >= 11 is 6.06. The van der Waals surface area contributed by atoms with E-state index in [-0.39, 0.29) is 32.3 Å². The van der Waals surface area contributed by atoms with Gasteiger partial charge in [-0.25, -0.2) is 0 Å². The molecule has 6 rings (SSSR count). The van der Waals surface area contributed by atoms with E-state index in [1.54, 1.807) is 50.6 Å². The molecule has 1 aliphatic heterocycles. The number of methoxy groups -OCH3 is 2. The predicted molar refractivity (Wildman–Crippen MR) is 224 cm³/mol. The average molecular weight is 830 g/mol. The second-order valence-electron chi connectivity index (χ2n) is 14.3. The summed E-state index contributed by atoms with van der Waals surface area (Å²) in [7, 11) is 3.14. The molecule has 6 N–H and O–H groups in total. The van der Waals surface area contributed by atoms with Gasteiger partial charge in [-0.2, -0.15) is 0 Å². The molecule has 2 heterocycles. The number of ether oxygens (including phenoxy) is 4. The zero-order valence-corrected chi connectivity index (χ0v) is 34.1. The molecule has 1 aliphatic rings. The number of benzene rings is 4. The largest absolute Gasteiger partial charge is 0.493 e. The van der Waals surface area contributed by atoms with E-state index in [9.17, 15) is 25.2 Å². The highest BCUT2D eigenvalue weighted by Crippen LogP contribution is 2.42. The second kappa shape index (κ2) is 21.1. The van der Waals surface area contributed by atoms with Gasteiger partial charge in [0.15, 0.2) is 17.3 Å². The fraction of sp³-hybridized carbons (Fsp3) is 0.378. The van der Waals surface area contributed by atoms with Crippen LogP contribution in [0.2, 0.25) is 5.02 Å². The number of aromatic nitrogens is 1. The van der Waals surface area contributed by atoms with Crippen molar-refractivity contribution in [1.82, 2.24) is 10.5 Å². The Hall–Kier alpha value is -5.31. The molecule has 0 fully saturated rings. The van der Waals surface area contributed by atoms with Crippen molar-refractivity contribution in [2.24, 2.45) is 0 Å². The normalized spacial score (nSPS) is 13.4. The number of halogens is 1. The fourth-order valence-electron chi connectivity index (χ4n) is 7.20. The van der Waals surface area contributed by atoms with Crippen LogP contribution < -0.4 is 29.6 Å². The Morgan fingerprint density at radius 1 is 0.661 bits per heavy atom. The van der Waals surface area contributed by atoms with Crippen molar-refractivity contribution in [3.8, 4) is 45.6 Å². The third-order valence-corrected chi connectivity index (χ3v) is 10.7. The number of aliphatic hydroxyl groups is 4. The van der Waals surface area contributed by atoms with E-state index in [2.05, 4.69) is 15.8 Å². The van der Waals surface area contributed by atoms with E-state index in [0.717, 1.165) is 56.9 Å². The van der Waals surface area contributed by atoms with Crippen LogP contribution in [0.5, 0.6) is 23.0 Å². The molecule has 5 aromatic rings. The molecular weight excluding hydrogens is 778 g/mol. The van der Waals surface area contributed by atoms with Crippen molar-refractivity contribution in [3.05, 3.63) is 105 Å². The van der Waals surface area contributed by atoms with Crippen molar-refractivity contribution in [1.29, 1.82) is 0 Å². The quantitative estimate of drug-likeness (QED) is 0.0369. The van der Waals surface area contributed by atoms with E-state index >= 15 is 0 Å². The molecule has 13 nitrogen and oxygen atoms in total. The molecule has 0 bridgehead atoms. The summed E-state index contributed by atoms with van der Waals surface area (Å²) in [6, 6.07) is 19.5. The molecule has 0 radical (unpaired) electrons. The van der Waals surface area contributed by atoms with Crippen LogP contribution in [0.3, 0.4) is 0 Å². The van der Waals surface area contributed by atoms with Crippen LogP contribution in [0, 0.1) is 0 Å². The summed E-state index contributed by atoms with van der Waals surface area (Å²) < 4.78 is 29.2. The van der Waals surface area contributed by atoms with Crippen LogP contribution in [0.1, 0.15) is 95.7 Å². The number of unbranched alkanes of at least 4 members (excludes halogenated alkanes) is 7. The standard InChI is InChI=1S/C45H52ClN3O10/c1-55-41-20-29(38-23-40(59-49-38)30-18-31(24-50)36(27-53)32(19-30)25-51)21-42(56-2)43(41)58-16-10-8-6-4-3-5-7-9-15-57-39-14-11-28(17-33(39)26-52)44-47-37-13-12-34(46)22-35(37)45(54)48-44/h11-14,17-23,44,47,50-53H,3-10,15-16,24-27H2,1-2H3,(H,48,54). The molecule has 14 heteroatoms. The highest BCUT2D eigenvalue weighted by molar-refractivity contribution is 6.31. The number of rotatable bonds is 22. The van der Waals surface area contributed by atoms with Crippen molar-refractivity contribution >= 4 is 23.2 Å². The number of nitrogens with one attached hydrogen (secondary N) is 2. The van der Waals surface area contributed by atoms with Crippen LogP contribution in [-0.4, -0.2) is 58.9 Å². The summed E-state index contributed by atoms with van der Waals surface area (Å²) in [5.41, 5.74) is 6.01.